The fourth-order valence-corrected chi connectivity index (χ4v) is 3.62. The van der Waals surface area contributed by atoms with Crippen molar-refractivity contribution >= 4 is 5.97 Å². The number of rotatable bonds is 1. The van der Waals surface area contributed by atoms with Crippen molar-refractivity contribution in [1.29, 1.82) is 5.26 Å². The van der Waals surface area contributed by atoms with E-state index in [1.807, 2.05) is 19.1 Å². The van der Waals surface area contributed by atoms with E-state index in [1.165, 1.54) is 5.56 Å². The lowest BCUT2D eigenvalue weighted by molar-refractivity contribution is -0.133. The van der Waals surface area contributed by atoms with Gasteiger partial charge in [-0.2, -0.15) is 5.26 Å². The van der Waals surface area contributed by atoms with Crippen LogP contribution in [0.2, 0.25) is 0 Å². The van der Waals surface area contributed by atoms with Crippen LogP contribution in [0, 0.1) is 18.3 Å². The van der Waals surface area contributed by atoms with Crippen LogP contribution in [0.15, 0.2) is 30.3 Å². The van der Waals surface area contributed by atoms with E-state index < -0.39 is 5.92 Å². The third kappa shape index (κ3) is 3.49. The Bertz CT molecular complexity index is 966. The van der Waals surface area contributed by atoms with Gasteiger partial charge in [-0.05, 0) is 46.6 Å². The zero-order valence-corrected chi connectivity index (χ0v) is 17.2. The molecule has 2 aromatic rings. The largest absolute Gasteiger partial charge is 0.425 e. The van der Waals surface area contributed by atoms with E-state index in [9.17, 15) is 10.1 Å². The summed E-state index contributed by atoms with van der Waals surface area (Å²) in [6.07, 6.45) is 0. The monoisotopic (exact) mass is 361 g/mol. The van der Waals surface area contributed by atoms with Crippen molar-refractivity contribution in [3.63, 3.8) is 0 Å². The van der Waals surface area contributed by atoms with Crippen molar-refractivity contribution in [2.45, 2.75) is 65.2 Å². The van der Waals surface area contributed by atoms with Gasteiger partial charge in [-0.3, -0.25) is 4.79 Å². The van der Waals surface area contributed by atoms with Gasteiger partial charge < -0.3 is 4.74 Å². The van der Waals surface area contributed by atoms with Gasteiger partial charge in [-0.15, -0.1) is 0 Å². The van der Waals surface area contributed by atoms with Crippen molar-refractivity contribution < 1.29 is 9.53 Å². The molecule has 0 radical (unpaired) electrons. The third-order valence-corrected chi connectivity index (χ3v) is 5.10. The molecule has 3 nitrogen and oxygen atoms in total. The average molecular weight is 361 g/mol. The van der Waals surface area contributed by atoms with Gasteiger partial charge in [0, 0.05) is 11.1 Å². The molecule has 2 aromatic carbocycles. The number of aryl methyl sites for hydroxylation is 1. The van der Waals surface area contributed by atoms with E-state index >= 15 is 0 Å². The van der Waals surface area contributed by atoms with Crippen LogP contribution in [0.3, 0.4) is 0 Å². The number of ether oxygens (including phenoxy) is 1. The third-order valence-electron chi connectivity index (χ3n) is 5.10. The summed E-state index contributed by atoms with van der Waals surface area (Å²) in [7, 11) is 0. The molecule has 0 saturated carbocycles. The molecule has 1 atom stereocenters. The average Bonchev–Trinajstić information content (AvgIpc) is 2.87. The first-order valence-corrected chi connectivity index (χ1v) is 9.34. The number of esters is 1. The number of benzene rings is 2. The molecular weight excluding hydrogens is 334 g/mol. The van der Waals surface area contributed by atoms with Crippen molar-refractivity contribution in [3.05, 3.63) is 63.7 Å². The van der Waals surface area contributed by atoms with E-state index in [0.29, 0.717) is 11.3 Å². The van der Waals surface area contributed by atoms with Crippen LogP contribution >= 0.6 is 0 Å². The molecule has 1 aliphatic rings. The second-order valence-electron chi connectivity index (χ2n) is 9.54. The summed E-state index contributed by atoms with van der Waals surface area (Å²) in [5, 5.41) is 9.33. The highest BCUT2D eigenvalue weighted by molar-refractivity contribution is 5.90. The van der Waals surface area contributed by atoms with Crippen LogP contribution in [-0.4, -0.2) is 5.97 Å². The number of fused-ring (bicyclic) bond motifs is 1. The first-order chi connectivity index (χ1) is 12.4. The Kier molecular flexibility index (Phi) is 4.43. The molecule has 27 heavy (non-hydrogen) atoms. The lowest BCUT2D eigenvalue weighted by atomic mass is 9.77. The molecule has 1 unspecified atom stereocenters. The van der Waals surface area contributed by atoms with E-state index in [2.05, 4.69) is 59.7 Å². The highest BCUT2D eigenvalue weighted by Crippen LogP contribution is 2.47. The van der Waals surface area contributed by atoms with Crippen molar-refractivity contribution in [1.82, 2.24) is 0 Å². The Labute approximate surface area is 162 Å². The predicted octanol–water partition coefficient (Wildman–Crippen LogP) is 5.51. The number of hydrogen-bond donors (Lipinski definition) is 0. The molecule has 0 aliphatic carbocycles. The summed E-state index contributed by atoms with van der Waals surface area (Å²) in [6, 6.07) is 12.1. The van der Waals surface area contributed by atoms with Crippen LogP contribution in [0.5, 0.6) is 5.75 Å². The van der Waals surface area contributed by atoms with Crippen LogP contribution in [0.1, 0.15) is 80.8 Å². The molecule has 0 amide bonds. The fraction of sp³-hybridized carbons (Fsp3) is 0.417. The minimum atomic E-state index is -0.490. The molecule has 0 aromatic heterocycles. The molecule has 140 valence electrons. The maximum Gasteiger partial charge on any atom is 0.323 e. The molecule has 0 N–H and O–H groups in total. The summed E-state index contributed by atoms with van der Waals surface area (Å²) in [5.74, 6) is -0.0723. The van der Waals surface area contributed by atoms with E-state index in [0.717, 1.165) is 22.3 Å². The first kappa shape index (κ1) is 19.2. The molecule has 0 saturated heterocycles. The summed E-state index contributed by atoms with van der Waals surface area (Å²) in [4.78, 5) is 12.9. The number of nitrogens with zero attached hydrogens (tertiary/aromatic N) is 1. The van der Waals surface area contributed by atoms with Crippen LogP contribution < -0.4 is 4.74 Å². The first-order valence-electron chi connectivity index (χ1n) is 9.34. The number of carbonyl (C=O) groups excluding carboxylic acids is 1. The lowest BCUT2D eigenvalue weighted by Crippen LogP contribution is -2.17. The summed E-state index contributed by atoms with van der Waals surface area (Å²) >= 11 is 0. The van der Waals surface area contributed by atoms with E-state index in [1.54, 1.807) is 6.07 Å². The summed E-state index contributed by atoms with van der Waals surface area (Å²) in [6.45, 7) is 14.9. The maximum absolute atomic E-state index is 12.9. The van der Waals surface area contributed by atoms with Gasteiger partial charge in [0.2, 0.25) is 0 Å². The van der Waals surface area contributed by atoms with Gasteiger partial charge in [0.1, 0.15) is 11.7 Å². The van der Waals surface area contributed by atoms with Gasteiger partial charge in [0.15, 0.2) is 0 Å². The Morgan fingerprint density at radius 1 is 0.963 bits per heavy atom. The van der Waals surface area contributed by atoms with Crippen LogP contribution in [0.4, 0.5) is 0 Å². The topological polar surface area (TPSA) is 50.1 Å². The molecule has 0 spiro atoms. The zero-order chi connectivity index (χ0) is 20.1. The molecule has 1 heterocycles. The number of hydrogen-bond acceptors (Lipinski definition) is 3. The highest BCUT2D eigenvalue weighted by Gasteiger charge is 2.39. The Morgan fingerprint density at radius 2 is 1.63 bits per heavy atom. The second-order valence-corrected chi connectivity index (χ2v) is 9.54. The Hall–Kier alpha value is -2.60. The maximum atomic E-state index is 12.9. The Balaban J connectivity index is 2.29. The fourth-order valence-electron chi connectivity index (χ4n) is 3.62. The summed E-state index contributed by atoms with van der Waals surface area (Å²) in [5.41, 5.74) is 5.30. The van der Waals surface area contributed by atoms with E-state index in [-0.39, 0.29) is 16.8 Å². The minimum Gasteiger partial charge on any atom is -0.425 e. The summed E-state index contributed by atoms with van der Waals surface area (Å²) < 4.78 is 5.79. The molecule has 0 fully saturated rings. The Morgan fingerprint density at radius 3 is 2.19 bits per heavy atom. The van der Waals surface area contributed by atoms with E-state index in [4.69, 9.17) is 4.74 Å². The second kappa shape index (κ2) is 6.23. The SMILES string of the molecule is Cc1cc(C#N)cc(C2C(=O)Oc3c2cc(C(C)(C)C)cc3C(C)(C)C)c1. The number of nitriles is 1. The van der Waals surface area contributed by atoms with Crippen molar-refractivity contribution in [3.8, 4) is 11.8 Å². The molecule has 0 bridgehead atoms. The smallest absolute Gasteiger partial charge is 0.323 e. The van der Waals surface area contributed by atoms with Gasteiger partial charge in [-0.25, -0.2) is 0 Å². The minimum absolute atomic E-state index is 0.0460. The standard InChI is InChI=1S/C24H27NO2/c1-14-8-15(13-25)10-16(9-14)20-18-11-17(23(2,3)4)12-19(24(5,6)7)21(18)27-22(20)26/h8-12,20H,1-7H3. The quantitative estimate of drug-likeness (QED) is 0.497. The van der Waals surface area contributed by atoms with Crippen LogP contribution in [0.25, 0.3) is 0 Å². The number of carbonyl (C=O) groups is 1. The molecule has 1 aliphatic heterocycles. The normalized spacial score (nSPS) is 16.7. The van der Waals surface area contributed by atoms with Crippen molar-refractivity contribution in [2.24, 2.45) is 0 Å². The molecular formula is C24H27NO2. The highest BCUT2D eigenvalue weighted by atomic mass is 16.5. The predicted molar refractivity (Wildman–Crippen MR) is 107 cm³/mol. The van der Waals surface area contributed by atoms with Crippen LogP contribution in [-0.2, 0) is 15.6 Å². The van der Waals surface area contributed by atoms with Gasteiger partial charge in [-0.1, -0.05) is 59.7 Å². The van der Waals surface area contributed by atoms with Gasteiger partial charge in [0.25, 0.3) is 0 Å². The zero-order valence-electron chi connectivity index (χ0n) is 17.2. The van der Waals surface area contributed by atoms with Crippen molar-refractivity contribution in [2.75, 3.05) is 0 Å². The van der Waals surface area contributed by atoms with Gasteiger partial charge >= 0.3 is 5.97 Å². The van der Waals surface area contributed by atoms with Gasteiger partial charge in [0.05, 0.1) is 11.6 Å². The molecule has 3 heteroatoms. The lowest BCUT2D eigenvalue weighted by Gasteiger charge is -2.27. The molecule has 3 rings (SSSR count).